The first-order chi connectivity index (χ1) is 9.33. The van der Waals surface area contributed by atoms with E-state index in [1.807, 2.05) is 24.3 Å². The van der Waals surface area contributed by atoms with Gasteiger partial charge in [0.2, 0.25) is 0 Å². The average molecular weight is 255 g/mol. The van der Waals surface area contributed by atoms with Crippen LogP contribution in [0.1, 0.15) is 12.8 Å². The minimum absolute atomic E-state index is 0.327. The molecule has 1 aliphatic heterocycles. The molecule has 5 heteroatoms. The molecule has 0 radical (unpaired) electrons. The van der Waals surface area contributed by atoms with Crippen LogP contribution in [0.2, 0.25) is 0 Å². The SMILES string of the molecule is NC1CCN(c2cc(-c3ccccn3)ncn2)CC1. The van der Waals surface area contributed by atoms with Crippen LogP contribution in [0.5, 0.6) is 0 Å². The molecule has 2 N–H and O–H groups in total. The van der Waals surface area contributed by atoms with Crippen molar-refractivity contribution in [3.05, 3.63) is 36.8 Å². The molecule has 0 aliphatic carbocycles. The van der Waals surface area contributed by atoms with Crippen LogP contribution >= 0.6 is 0 Å². The van der Waals surface area contributed by atoms with Gasteiger partial charge < -0.3 is 10.6 Å². The monoisotopic (exact) mass is 255 g/mol. The molecule has 0 spiro atoms. The zero-order valence-corrected chi connectivity index (χ0v) is 10.7. The highest BCUT2D eigenvalue weighted by Crippen LogP contribution is 2.21. The van der Waals surface area contributed by atoms with Crippen molar-refractivity contribution < 1.29 is 0 Å². The summed E-state index contributed by atoms with van der Waals surface area (Å²) in [6.07, 6.45) is 5.41. The highest BCUT2D eigenvalue weighted by atomic mass is 15.2. The van der Waals surface area contributed by atoms with Gasteiger partial charge >= 0.3 is 0 Å². The Kier molecular flexibility index (Phi) is 3.37. The summed E-state index contributed by atoms with van der Waals surface area (Å²) >= 11 is 0. The number of pyridine rings is 1. The van der Waals surface area contributed by atoms with Gasteiger partial charge in [-0.25, -0.2) is 9.97 Å². The highest BCUT2D eigenvalue weighted by Gasteiger charge is 2.17. The van der Waals surface area contributed by atoms with Crippen molar-refractivity contribution in [3.63, 3.8) is 0 Å². The summed E-state index contributed by atoms with van der Waals surface area (Å²) < 4.78 is 0. The largest absolute Gasteiger partial charge is 0.356 e. The number of hydrogen-bond donors (Lipinski definition) is 1. The third-order valence-corrected chi connectivity index (χ3v) is 3.44. The second-order valence-electron chi connectivity index (χ2n) is 4.80. The van der Waals surface area contributed by atoms with Crippen LogP contribution < -0.4 is 10.6 Å². The molecule has 1 aliphatic rings. The number of nitrogens with two attached hydrogens (primary N) is 1. The quantitative estimate of drug-likeness (QED) is 0.880. The van der Waals surface area contributed by atoms with E-state index in [9.17, 15) is 0 Å². The van der Waals surface area contributed by atoms with Gasteiger partial charge in [-0.15, -0.1) is 0 Å². The fourth-order valence-electron chi connectivity index (χ4n) is 2.30. The van der Waals surface area contributed by atoms with Gasteiger partial charge in [0.05, 0.1) is 11.4 Å². The van der Waals surface area contributed by atoms with Gasteiger partial charge in [0, 0.05) is 31.4 Å². The zero-order valence-electron chi connectivity index (χ0n) is 10.7. The average Bonchev–Trinajstić information content (AvgIpc) is 2.49. The number of aromatic nitrogens is 3. The van der Waals surface area contributed by atoms with Gasteiger partial charge in [0.25, 0.3) is 0 Å². The van der Waals surface area contributed by atoms with E-state index in [0.717, 1.165) is 43.1 Å². The highest BCUT2D eigenvalue weighted by molar-refractivity contribution is 5.58. The topological polar surface area (TPSA) is 67.9 Å². The van der Waals surface area contributed by atoms with Gasteiger partial charge in [-0.1, -0.05) is 6.07 Å². The molecule has 1 saturated heterocycles. The second-order valence-corrected chi connectivity index (χ2v) is 4.80. The van der Waals surface area contributed by atoms with Crippen molar-refractivity contribution >= 4 is 5.82 Å². The number of hydrogen-bond acceptors (Lipinski definition) is 5. The standard InChI is InChI=1S/C14H17N5/c15-11-4-7-19(8-5-11)14-9-13(17-10-18-14)12-3-1-2-6-16-12/h1-3,6,9-11H,4-5,7-8,15H2. The lowest BCUT2D eigenvalue weighted by molar-refractivity contribution is 0.498. The molecule has 5 nitrogen and oxygen atoms in total. The Morgan fingerprint density at radius 1 is 1.05 bits per heavy atom. The number of anilines is 1. The van der Waals surface area contributed by atoms with E-state index < -0.39 is 0 Å². The van der Waals surface area contributed by atoms with Gasteiger partial charge in [-0.3, -0.25) is 4.98 Å². The van der Waals surface area contributed by atoms with Crippen molar-refractivity contribution in [2.45, 2.75) is 18.9 Å². The summed E-state index contributed by atoms with van der Waals surface area (Å²) in [6.45, 7) is 1.92. The summed E-state index contributed by atoms with van der Waals surface area (Å²) in [5, 5.41) is 0. The predicted octanol–water partition coefficient (Wildman–Crippen LogP) is 1.47. The first-order valence-electron chi connectivity index (χ1n) is 6.57. The molecular weight excluding hydrogens is 238 g/mol. The molecule has 3 rings (SSSR count). The molecule has 2 aromatic rings. The third kappa shape index (κ3) is 2.71. The second kappa shape index (κ2) is 5.32. The van der Waals surface area contributed by atoms with Gasteiger partial charge in [-0.05, 0) is 25.0 Å². The number of rotatable bonds is 2. The molecule has 0 unspecified atom stereocenters. The van der Waals surface area contributed by atoms with Crippen molar-refractivity contribution in [1.82, 2.24) is 15.0 Å². The predicted molar refractivity (Wildman–Crippen MR) is 74.7 cm³/mol. The summed E-state index contributed by atoms with van der Waals surface area (Å²) in [5.41, 5.74) is 7.66. The summed E-state index contributed by atoms with van der Waals surface area (Å²) in [5.74, 6) is 0.961. The maximum absolute atomic E-state index is 5.93. The van der Waals surface area contributed by atoms with Crippen LogP contribution in [0.15, 0.2) is 36.8 Å². The van der Waals surface area contributed by atoms with Crippen LogP contribution in [0.4, 0.5) is 5.82 Å². The van der Waals surface area contributed by atoms with Crippen molar-refractivity contribution in [2.24, 2.45) is 5.73 Å². The molecule has 0 saturated carbocycles. The molecular formula is C14H17N5. The van der Waals surface area contributed by atoms with Gasteiger partial charge in [0.1, 0.15) is 12.1 Å². The molecule has 98 valence electrons. The molecule has 3 heterocycles. The lowest BCUT2D eigenvalue weighted by Gasteiger charge is -2.31. The van der Waals surface area contributed by atoms with Crippen LogP contribution in [-0.4, -0.2) is 34.1 Å². The minimum atomic E-state index is 0.327. The lowest BCUT2D eigenvalue weighted by Crippen LogP contribution is -2.40. The smallest absolute Gasteiger partial charge is 0.132 e. The molecule has 0 amide bonds. The molecule has 2 aromatic heterocycles. The normalized spacial score (nSPS) is 16.6. The van der Waals surface area contributed by atoms with Gasteiger partial charge in [0.15, 0.2) is 0 Å². The van der Waals surface area contributed by atoms with Crippen molar-refractivity contribution in [3.8, 4) is 11.4 Å². The first kappa shape index (κ1) is 12.0. The van der Waals surface area contributed by atoms with Gasteiger partial charge in [-0.2, -0.15) is 0 Å². The maximum atomic E-state index is 5.93. The zero-order chi connectivity index (χ0) is 13.1. The van der Waals surface area contributed by atoms with E-state index >= 15 is 0 Å². The Hall–Kier alpha value is -2.01. The van der Waals surface area contributed by atoms with E-state index in [1.54, 1.807) is 12.5 Å². The number of piperidine rings is 1. The Labute approximate surface area is 112 Å². The summed E-state index contributed by atoms with van der Waals surface area (Å²) in [4.78, 5) is 15.2. The van der Waals surface area contributed by atoms with Crippen molar-refractivity contribution in [1.29, 1.82) is 0 Å². The molecule has 0 bridgehead atoms. The maximum Gasteiger partial charge on any atom is 0.132 e. The third-order valence-electron chi connectivity index (χ3n) is 3.44. The van der Waals surface area contributed by atoms with Crippen LogP contribution in [0.3, 0.4) is 0 Å². The Balaban J connectivity index is 1.84. The lowest BCUT2D eigenvalue weighted by atomic mass is 10.1. The Morgan fingerprint density at radius 2 is 1.89 bits per heavy atom. The van der Waals surface area contributed by atoms with Crippen LogP contribution in [0.25, 0.3) is 11.4 Å². The Bertz CT molecular complexity index is 535. The molecule has 0 atom stereocenters. The molecule has 0 aromatic carbocycles. The van der Waals surface area contributed by atoms with E-state index in [1.165, 1.54) is 0 Å². The van der Waals surface area contributed by atoms with Crippen LogP contribution in [0, 0.1) is 0 Å². The van der Waals surface area contributed by atoms with E-state index in [-0.39, 0.29) is 0 Å². The molecule has 1 fully saturated rings. The van der Waals surface area contributed by atoms with Crippen molar-refractivity contribution in [2.75, 3.05) is 18.0 Å². The Morgan fingerprint density at radius 3 is 2.63 bits per heavy atom. The summed E-state index contributed by atoms with van der Waals surface area (Å²) in [7, 11) is 0. The van der Waals surface area contributed by atoms with E-state index in [2.05, 4.69) is 19.9 Å². The fraction of sp³-hybridized carbons (Fsp3) is 0.357. The van der Waals surface area contributed by atoms with E-state index in [4.69, 9.17) is 5.73 Å². The molecule has 19 heavy (non-hydrogen) atoms. The first-order valence-corrected chi connectivity index (χ1v) is 6.57. The van der Waals surface area contributed by atoms with Crippen LogP contribution in [-0.2, 0) is 0 Å². The summed E-state index contributed by atoms with van der Waals surface area (Å²) in [6, 6.07) is 8.15. The fourth-order valence-corrected chi connectivity index (χ4v) is 2.30. The minimum Gasteiger partial charge on any atom is -0.356 e. The van der Waals surface area contributed by atoms with E-state index in [0.29, 0.717) is 6.04 Å². The number of nitrogens with zero attached hydrogens (tertiary/aromatic N) is 4.